The average Bonchev–Trinajstić information content (AvgIpc) is 2.61. The molecule has 0 aliphatic carbocycles. The van der Waals surface area contributed by atoms with Crippen molar-refractivity contribution in [2.75, 3.05) is 29.1 Å². The zero-order chi connectivity index (χ0) is 17.7. The quantitative estimate of drug-likeness (QED) is 0.532. The highest BCUT2D eigenvalue weighted by Gasteiger charge is 2.46. The molecule has 132 valence electrons. The minimum Gasteiger partial charge on any atom is -0.365 e. The number of anilines is 2. The highest BCUT2D eigenvalue weighted by molar-refractivity contribution is 9.10. The minimum absolute atomic E-state index is 0.234. The van der Waals surface area contributed by atoms with Crippen LogP contribution in [0.1, 0.15) is 6.42 Å². The third kappa shape index (κ3) is 2.82. The molecule has 7 nitrogen and oxygen atoms in total. The third-order valence-corrected chi connectivity index (χ3v) is 6.20. The van der Waals surface area contributed by atoms with Crippen LogP contribution >= 0.6 is 39.3 Å². The van der Waals surface area contributed by atoms with Crippen LogP contribution in [-0.4, -0.2) is 51.2 Å². The van der Waals surface area contributed by atoms with Gasteiger partial charge in [-0.1, -0.05) is 23.4 Å². The largest absolute Gasteiger partial charge is 0.365 e. The Bertz CT molecular complexity index is 881. The van der Waals surface area contributed by atoms with E-state index in [0.29, 0.717) is 17.8 Å². The first kappa shape index (κ1) is 17.1. The molecule has 0 N–H and O–H groups in total. The summed E-state index contributed by atoms with van der Waals surface area (Å²) in [6.45, 7) is 1.58. The number of thioether (sulfide) groups is 1. The van der Waals surface area contributed by atoms with Crippen molar-refractivity contribution in [1.29, 1.82) is 0 Å². The highest BCUT2D eigenvalue weighted by atomic mass is 79.9. The molecular formula is C15H16BrClN6OS. The third-order valence-electron chi connectivity index (χ3n) is 4.72. The lowest BCUT2D eigenvalue weighted by molar-refractivity contribution is 0.287. The fraction of sp³-hybridized carbons (Fsp3) is 0.467. The first-order valence-electron chi connectivity index (χ1n) is 7.81. The van der Waals surface area contributed by atoms with Gasteiger partial charge in [0.25, 0.3) is 5.56 Å². The molecule has 0 radical (unpaired) electrons. The van der Waals surface area contributed by atoms with Crippen LogP contribution < -0.4 is 15.4 Å². The molecule has 3 aliphatic heterocycles. The van der Waals surface area contributed by atoms with Crippen molar-refractivity contribution in [2.45, 2.75) is 23.7 Å². The first-order chi connectivity index (χ1) is 12.0. The Balaban J connectivity index is 1.59. The summed E-state index contributed by atoms with van der Waals surface area (Å²) < 4.78 is 2.16. The minimum atomic E-state index is -0.265. The maximum Gasteiger partial charge on any atom is 0.287 e. The molecule has 10 heteroatoms. The molecule has 25 heavy (non-hydrogen) atoms. The van der Waals surface area contributed by atoms with Crippen LogP contribution in [0.5, 0.6) is 0 Å². The summed E-state index contributed by atoms with van der Waals surface area (Å²) in [7, 11) is 1.60. The molecule has 2 atom stereocenters. The Morgan fingerprint density at radius 3 is 2.72 bits per heavy atom. The van der Waals surface area contributed by atoms with Gasteiger partial charge in [0.05, 0.1) is 28.4 Å². The summed E-state index contributed by atoms with van der Waals surface area (Å²) in [5, 5.41) is 5.10. The van der Waals surface area contributed by atoms with Crippen LogP contribution in [0.15, 0.2) is 26.8 Å². The topological polar surface area (TPSA) is 67.2 Å². The van der Waals surface area contributed by atoms with Gasteiger partial charge in [-0.15, -0.1) is 0 Å². The summed E-state index contributed by atoms with van der Waals surface area (Å²) in [4.78, 5) is 25.5. The summed E-state index contributed by atoms with van der Waals surface area (Å²) in [5.41, 5.74) is 0.448. The zero-order valence-electron chi connectivity index (χ0n) is 13.7. The Morgan fingerprint density at radius 2 is 2.04 bits per heavy atom. The van der Waals surface area contributed by atoms with E-state index in [1.807, 2.05) is 12.5 Å². The fourth-order valence-electron chi connectivity index (χ4n) is 3.50. The molecule has 0 amide bonds. The monoisotopic (exact) mass is 442 g/mol. The lowest BCUT2D eigenvalue weighted by Crippen LogP contribution is -2.69. The van der Waals surface area contributed by atoms with Crippen LogP contribution in [-0.2, 0) is 7.05 Å². The molecule has 3 saturated heterocycles. The van der Waals surface area contributed by atoms with Crippen LogP contribution in [0.4, 0.5) is 11.5 Å². The normalized spacial score (nSPS) is 22.1. The average molecular weight is 444 g/mol. The second kappa shape index (κ2) is 6.44. The van der Waals surface area contributed by atoms with E-state index in [4.69, 9.17) is 11.6 Å². The van der Waals surface area contributed by atoms with Crippen LogP contribution in [0.25, 0.3) is 0 Å². The van der Waals surface area contributed by atoms with E-state index in [2.05, 4.69) is 40.8 Å². The predicted octanol–water partition coefficient (Wildman–Crippen LogP) is 2.18. The first-order valence-corrected chi connectivity index (χ1v) is 10.2. The number of fused-ring (bicyclic) bond motifs is 2. The van der Waals surface area contributed by atoms with Crippen LogP contribution in [0, 0.1) is 0 Å². The molecule has 2 aromatic rings. The summed E-state index contributed by atoms with van der Waals surface area (Å²) in [5.74, 6) is 0.938. The number of hydrogen-bond donors (Lipinski definition) is 0. The Morgan fingerprint density at radius 1 is 1.32 bits per heavy atom. The Kier molecular flexibility index (Phi) is 4.41. The molecule has 0 spiro atoms. The molecule has 0 saturated carbocycles. The van der Waals surface area contributed by atoms with E-state index in [9.17, 15) is 4.79 Å². The van der Waals surface area contributed by atoms with Crippen molar-refractivity contribution >= 4 is 50.8 Å². The molecule has 3 fully saturated rings. The van der Waals surface area contributed by atoms with Crippen molar-refractivity contribution < 1.29 is 0 Å². The van der Waals surface area contributed by atoms with Crippen LogP contribution in [0.3, 0.4) is 0 Å². The summed E-state index contributed by atoms with van der Waals surface area (Å²) >= 11 is 11.4. The van der Waals surface area contributed by atoms with Crippen LogP contribution in [0.2, 0.25) is 5.02 Å². The van der Waals surface area contributed by atoms with Gasteiger partial charge in [0.2, 0.25) is 0 Å². The lowest BCUT2D eigenvalue weighted by Gasteiger charge is -2.57. The molecule has 3 aliphatic rings. The van der Waals surface area contributed by atoms with Crippen molar-refractivity contribution in [1.82, 2.24) is 19.7 Å². The van der Waals surface area contributed by atoms with Gasteiger partial charge in [-0.05, 0) is 28.6 Å². The van der Waals surface area contributed by atoms with Gasteiger partial charge < -0.3 is 9.80 Å². The van der Waals surface area contributed by atoms with Gasteiger partial charge in [-0.2, -0.15) is 5.10 Å². The van der Waals surface area contributed by atoms with Gasteiger partial charge >= 0.3 is 0 Å². The number of nitrogens with zero attached hydrogens (tertiary/aromatic N) is 6. The lowest BCUT2D eigenvalue weighted by atomic mass is 9.87. The van der Waals surface area contributed by atoms with Gasteiger partial charge in [0.15, 0.2) is 5.16 Å². The number of halogens is 2. The molecule has 0 aromatic carbocycles. The molecular weight excluding hydrogens is 428 g/mol. The zero-order valence-corrected chi connectivity index (χ0v) is 16.8. The summed E-state index contributed by atoms with van der Waals surface area (Å²) in [6.07, 6.45) is 6.56. The fourth-order valence-corrected chi connectivity index (χ4v) is 4.52. The standard InChI is InChI=1S/C15H16BrClN6OS/c1-21-14(24)12(17)11(5-19-21)22-6-8-3-9(7-22)23(8)13-10(16)4-18-15(20-13)25-2/h4-5,8-9H,3,6-7H2,1-2H3. The second-order valence-corrected chi connectivity index (χ2v) is 8.16. The van der Waals surface area contributed by atoms with Crippen molar-refractivity contribution in [3.8, 4) is 0 Å². The number of hydrogen-bond acceptors (Lipinski definition) is 7. The van der Waals surface area contributed by atoms with E-state index in [1.54, 1.807) is 13.2 Å². The van der Waals surface area contributed by atoms with Gasteiger partial charge in [0, 0.05) is 26.3 Å². The van der Waals surface area contributed by atoms with Crippen molar-refractivity contribution in [2.24, 2.45) is 7.05 Å². The van der Waals surface area contributed by atoms with Crippen molar-refractivity contribution in [3.63, 3.8) is 0 Å². The second-order valence-electron chi connectivity index (χ2n) is 6.16. The number of aryl methyl sites for hydroxylation is 1. The molecule has 2 unspecified atom stereocenters. The smallest absolute Gasteiger partial charge is 0.287 e. The van der Waals surface area contributed by atoms with E-state index < -0.39 is 0 Å². The van der Waals surface area contributed by atoms with E-state index in [0.717, 1.165) is 35.0 Å². The molecule has 5 rings (SSSR count). The van der Waals surface area contributed by atoms with E-state index in [-0.39, 0.29) is 10.6 Å². The van der Waals surface area contributed by atoms with E-state index >= 15 is 0 Å². The maximum atomic E-state index is 12.0. The Labute approximate surface area is 162 Å². The summed E-state index contributed by atoms with van der Waals surface area (Å²) in [6, 6.07) is 0.666. The molecule has 2 aromatic heterocycles. The Hall–Kier alpha value is -1.32. The highest BCUT2D eigenvalue weighted by Crippen LogP contribution is 2.41. The number of rotatable bonds is 3. The molecule has 5 heterocycles. The number of piperidine rings is 1. The number of piperazine rings is 1. The van der Waals surface area contributed by atoms with Gasteiger partial charge in [-0.25, -0.2) is 14.6 Å². The van der Waals surface area contributed by atoms with E-state index in [1.165, 1.54) is 16.4 Å². The SMILES string of the molecule is CSc1ncc(Br)c(N2C3CC2CN(c2cnn(C)c(=O)c2Cl)C3)n1. The van der Waals surface area contributed by atoms with Gasteiger partial charge in [-0.3, -0.25) is 4.79 Å². The maximum absolute atomic E-state index is 12.0. The van der Waals surface area contributed by atoms with Crippen molar-refractivity contribution in [3.05, 3.63) is 32.2 Å². The predicted molar refractivity (Wildman–Crippen MR) is 103 cm³/mol. The number of aromatic nitrogens is 4. The van der Waals surface area contributed by atoms with Gasteiger partial charge in [0.1, 0.15) is 10.8 Å². The molecule has 2 bridgehead atoms.